The summed E-state index contributed by atoms with van der Waals surface area (Å²) in [4.78, 5) is 26.2. The Kier molecular flexibility index (Phi) is 7.50. The van der Waals surface area contributed by atoms with Crippen molar-refractivity contribution in [3.05, 3.63) is 54.1 Å². The minimum atomic E-state index is -0.595. The maximum atomic E-state index is 13.5. The molecular weight excluding hydrogens is 388 g/mol. The molecule has 0 unspecified atom stereocenters. The summed E-state index contributed by atoms with van der Waals surface area (Å²) >= 11 is 0. The van der Waals surface area contributed by atoms with Crippen molar-refractivity contribution in [1.29, 1.82) is 0 Å². The van der Waals surface area contributed by atoms with Gasteiger partial charge in [0.25, 0.3) is 0 Å². The number of hydrogen-bond donors (Lipinski definition) is 1. The molecule has 0 saturated heterocycles. The van der Waals surface area contributed by atoms with Crippen LogP contribution in [0.2, 0.25) is 0 Å². The predicted molar refractivity (Wildman–Crippen MR) is 125 cm³/mol. The van der Waals surface area contributed by atoms with Gasteiger partial charge >= 0.3 is 6.09 Å². The quantitative estimate of drug-likeness (QED) is 0.624. The zero-order valence-electron chi connectivity index (χ0n) is 18.8. The second-order valence-corrected chi connectivity index (χ2v) is 9.34. The fraction of sp³-hybridized carbons (Fsp3) is 0.462. The first kappa shape index (κ1) is 23.0. The third-order valence-corrected chi connectivity index (χ3v) is 5.65. The Morgan fingerprint density at radius 2 is 1.77 bits per heavy atom. The van der Waals surface area contributed by atoms with Crippen LogP contribution >= 0.6 is 0 Å². The monoisotopic (exact) mass is 422 g/mol. The molecule has 0 atom stereocenters. The molecule has 0 aliphatic heterocycles. The van der Waals surface area contributed by atoms with Crippen LogP contribution in [0.4, 0.5) is 10.5 Å². The van der Waals surface area contributed by atoms with Crippen LogP contribution in [0, 0.1) is 0 Å². The Morgan fingerprint density at radius 3 is 2.39 bits per heavy atom. The molecule has 2 aromatic carbocycles. The van der Waals surface area contributed by atoms with E-state index in [1.165, 1.54) is 0 Å². The van der Waals surface area contributed by atoms with Gasteiger partial charge in [-0.3, -0.25) is 4.90 Å². The van der Waals surface area contributed by atoms with Crippen molar-refractivity contribution in [3.8, 4) is 11.1 Å². The molecule has 2 aromatic rings. The lowest BCUT2D eigenvalue weighted by Gasteiger charge is -2.38. The average molecular weight is 423 g/mol. The van der Waals surface area contributed by atoms with Gasteiger partial charge in [-0.15, -0.1) is 0 Å². The summed E-state index contributed by atoms with van der Waals surface area (Å²) in [5.41, 5.74) is 9.44. The first-order chi connectivity index (χ1) is 14.8. The number of aldehydes is 1. The molecule has 3 rings (SSSR count). The highest BCUT2D eigenvalue weighted by molar-refractivity contribution is 5.95. The zero-order chi connectivity index (χ0) is 22.4. The van der Waals surface area contributed by atoms with Crippen molar-refractivity contribution in [2.24, 2.45) is 5.73 Å². The maximum absolute atomic E-state index is 13.5. The van der Waals surface area contributed by atoms with Crippen LogP contribution < -0.4 is 10.6 Å². The van der Waals surface area contributed by atoms with Gasteiger partial charge in [0.05, 0.1) is 5.69 Å². The summed E-state index contributed by atoms with van der Waals surface area (Å²) in [6.45, 7) is 5.66. The van der Waals surface area contributed by atoms with Crippen molar-refractivity contribution in [2.45, 2.75) is 77.0 Å². The Hall–Kier alpha value is -2.66. The molecule has 1 saturated carbocycles. The van der Waals surface area contributed by atoms with Crippen LogP contribution in [0.3, 0.4) is 0 Å². The minimum Gasteiger partial charge on any atom is -0.443 e. The number of benzene rings is 2. The maximum Gasteiger partial charge on any atom is 0.415 e. The van der Waals surface area contributed by atoms with Crippen LogP contribution in [0.5, 0.6) is 0 Å². The van der Waals surface area contributed by atoms with Gasteiger partial charge < -0.3 is 15.3 Å². The molecule has 5 heteroatoms. The third-order valence-electron chi connectivity index (χ3n) is 5.65. The summed E-state index contributed by atoms with van der Waals surface area (Å²) in [6.07, 6.45) is 5.14. The van der Waals surface area contributed by atoms with E-state index in [9.17, 15) is 9.59 Å². The molecule has 1 amide bonds. The fourth-order valence-corrected chi connectivity index (χ4v) is 4.13. The molecule has 2 N–H and O–H groups in total. The van der Waals surface area contributed by atoms with Crippen LogP contribution in [0.1, 0.15) is 58.4 Å². The highest BCUT2D eigenvalue weighted by atomic mass is 16.6. The second kappa shape index (κ2) is 10.1. The lowest BCUT2D eigenvalue weighted by atomic mass is 9.89. The summed E-state index contributed by atoms with van der Waals surface area (Å²) in [5, 5.41) is 0. The number of carbonyl (C=O) groups is 2. The normalized spacial score (nSPS) is 19.0. The van der Waals surface area contributed by atoms with E-state index in [4.69, 9.17) is 10.5 Å². The van der Waals surface area contributed by atoms with E-state index in [0.29, 0.717) is 12.8 Å². The van der Waals surface area contributed by atoms with Crippen molar-refractivity contribution in [3.63, 3.8) is 0 Å². The summed E-state index contributed by atoms with van der Waals surface area (Å²) in [6, 6.07) is 16.4. The van der Waals surface area contributed by atoms with Gasteiger partial charge in [-0.25, -0.2) is 4.79 Å². The van der Waals surface area contributed by atoms with E-state index in [1.807, 2.05) is 68.1 Å². The Labute approximate surface area is 185 Å². The number of aryl methyl sites for hydroxylation is 1. The number of nitrogens with two attached hydrogens (primary N) is 1. The van der Waals surface area contributed by atoms with E-state index in [-0.39, 0.29) is 18.2 Å². The van der Waals surface area contributed by atoms with E-state index in [2.05, 4.69) is 6.07 Å². The topological polar surface area (TPSA) is 72.6 Å². The van der Waals surface area contributed by atoms with Gasteiger partial charge in [-0.1, -0.05) is 42.5 Å². The molecule has 5 nitrogen and oxygen atoms in total. The van der Waals surface area contributed by atoms with Crippen LogP contribution in [-0.4, -0.2) is 30.1 Å². The van der Waals surface area contributed by atoms with Crippen molar-refractivity contribution in [2.75, 3.05) is 4.90 Å². The number of anilines is 1. The fourth-order valence-electron chi connectivity index (χ4n) is 4.13. The molecule has 0 spiro atoms. The molecule has 1 fully saturated rings. The number of rotatable bonds is 6. The number of amides is 1. The SMILES string of the molecule is CC(C)(C)OC(=O)N(c1cc(CCC=O)ccc1-c1ccccc1)C1CCC(N)CC1. The van der Waals surface area contributed by atoms with Gasteiger partial charge in [0, 0.05) is 24.1 Å². The molecule has 0 radical (unpaired) electrons. The van der Waals surface area contributed by atoms with Crippen LogP contribution in [0.15, 0.2) is 48.5 Å². The van der Waals surface area contributed by atoms with Gasteiger partial charge in [0.1, 0.15) is 11.9 Å². The summed E-state index contributed by atoms with van der Waals surface area (Å²) in [7, 11) is 0. The molecule has 1 aliphatic carbocycles. The van der Waals surface area contributed by atoms with E-state index in [0.717, 1.165) is 54.3 Å². The zero-order valence-corrected chi connectivity index (χ0v) is 18.8. The highest BCUT2D eigenvalue weighted by Crippen LogP contribution is 2.37. The summed E-state index contributed by atoms with van der Waals surface area (Å²) < 4.78 is 5.85. The summed E-state index contributed by atoms with van der Waals surface area (Å²) in [5.74, 6) is 0. The van der Waals surface area contributed by atoms with Crippen molar-refractivity contribution in [1.82, 2.24) is 0 Å². The highest BCUT2D eigenvalue weighted by Gasteiger charge is 2.33. The van der Waals surface area contributed by atoms with E-state index < -0.39 is 5.60 Å². The number of carbonyl (C=O) groups excluding carboxylic acids is 2. The molecule has 166 valence electrons. The van der Waals surface area contributed by atoms with Crippen LogP contribution in [-0.2, 0) is 16.0 Å². The largest absolute Gasteiger partial charge is 0.443 e. The molecule has 31 heavy (non-hydrogen) atoms. The van der Waals surface area contributed by atoms with Crippen molar-refractivity contribution >= 4 is 18.1 Å². The Balaban J connectivity index is 2.09. The molecule has 0 heterocycles. The molecule has 0 aromatic heterocycles. The standard InChI is InChI=1S/C26H34N2O3/c1-26(2,3)31-25(30)28(22-14-12-21(27)13-15-22)24-18-19(8-7-17-29)11-16-23(24)20-9-5-4-6-10-20/h4-6,9-11,16-18,21-22H,7-8,12-15,27H2,1-3H3. The lowest BCUT2D eigenvalue weighted by Crippen LogP contribution is -2.46. The number of nitrogens with zero attached hydrogens (tertiary/aromatic N) is 1. The van der Waals surface area contributed by atoms with E-state index in [1.54, 1.807) is 0 Å². The predicted octanol–water partition coefficient (Wildman–Crippen LogP) is 5.50. The first-order valence-electron chi connectivity index (χ1n) is 11.2. The Bertz CT molecular complexity index is 881. The van der Waals surface area contributed by atoms with Gasteiger partial charge in [-0.2, -0.15) is 0 Å². The molecular formula is C26H34N2O3. The van der Waals surface area contributed by atoms with Crippen LogP contribution in [0.25, 0.3) is 11.1 Å². The van der Waals surface area contributed by atoms with Gasteiger partial charge in [0.15, 0.2) is 0 Å². The lowest BCUT2D eigenvalue weighted by molar-refractivity contribution is -0.107. The van der Waals surface area contributed by atoms with Crippen molar-refractivity contribution < 1.29 is 14.3 Å². The molecule has 0 bridgehead atoms. The third kappa shape index (κ3) is 6.17. The Morgan fingerprint density at radius 1 is 1.10 bits per heavy atom. The van der Waals surface area contributed by atoms with Gasteiger partial charge in [-0.05, 0) is 70.1 Å². The van der Waals surface area contributed by atoms with E-state index >= 15 is 0 Å². The van der Waals surface area contributed by atoms with Gasteiger partial charge in [0.2, 0.25) is 0 Å². The average Bonchev–Trinajstić information content (AvgIpc) is 2.73. The smallest absolute Gasteiger partial charge is 0.415 e. The number of ether oxygens (including phenoxy) is 1. The second-order valence-electron chi connectivity index (χ2n) is 9.34. The first-order valence-corrected chi connectivity index (χ1v) is 11.2. The minimum absolute atomic E-state index is 0.0263. The number of hydrogen-bond acceptors (Lipinski definition) is 4. The molecule has 1 aliphatic rings.